The van der Waals surface area contributed by atoms with Crippen LogP contribution in [0.2, 0.25) is 0 Å². The van der Waals surface area contributed by atoms with Crippen LogP contribution in [-0.2, 0) is 0 Å². The smallest absolute Gasteiger partial charge is 0.314 e. The monoisotopic (exact) mass is 219 g/mol. The van der Waals surface area contributed by atoms with Crippen LogP contribution in [0, 0.1) is 0 Å². The normalized spacial score (nSPS) is 41.0. The molecule has 0 spiro atoms. The lowest BCUT2D eigenvalue weighted by atomic mass is 9.84. The van der Waals surface area contributed by atoms with Crippen LogP contribution >= 0.6 is 0 Å². The predicted molar refractivity (Wildman–Crippen MR) is 52.0 cm³/mol. The zero-order valence-corrected chi connectivity index (χ0v) is 8.42. The fourth-order valence-corrected chi connectivity index (χ4v) is 1.65. The summed E-state index contributed by atoms with van der Waals surface area (Å²) < 4.78 is 0. The fraction of sp³-hybridized carbons (Fsp3) is 0.875. The zero-order chi connectivity index (χ0) is 11.6. The van der Waals surface area contributed by atoms with Crippen molar-refractivity contribution in [2.45, 2.75) is 36.8 Å². The van der Waals surface area contributed by atoms with E-state index in [2.05, 4.69) is 10.6 Å². The Balaban J connectivity index is 2.62. The Bertz CT molecular complexity index is 238. The molecule has 0 aromatic heterocycles. The van der Waals surface area contributed by atoms with Gasteiger partial charge < -0.3 is 31.7 Å². The summed E-state index contributed by atoms with van der Waals surface area (Å²) in [5, 5.41) is 33.1. The van der Waals surface area contributed by atoms with E-state index >= 15 is 0 Å². The van der Waals surface area contributed by atoms with Crippen molar-refractivity contribution < 1.29 is 20.1 Å². The van der Waals surface area contributed by atoms with Gasteiger partial charge in [-0.1, -0.05) is 0 Å². The van der Waals surface area contributed by atoms with Gasteiger partial charge in [-0.15, -0.1) is 0 Å². The first-order valence-corrected chi connectivity index (χ1v) is 4.75. The number of hydrogen-bond donors (Lipinski definition) is 6. The fourth-order valence-electron chi connectivity index (χ4n) is 1.65. The van der Waals surface area contributed by atoms with Crippen molar-refractivity contribution >= 4 is 6.03 Å². The van der Waals surface area contributed by atoms with Crippen molar-refractivity contribution in [2.75, 3.05) is 7.05 Å². The maximum absolute atomic E-state index is 11.0. The number of amides is 2. The van der Waals surface area contributed by atoms with E-state index in [-0.39, 0.29) is 6.42 Å². The predicted octanol–water partition coefficient (Wildman–Crippen LogP) is -2.90. The van der Waals surface area contributed by atoms with Gasteiger partial charge in [-0.2, -0.15) is 0 Å². The van der Waals surface area contributed by atoms with E-state index in [0.29, 0.717) is 0 Å². The lowest BCUT2D eigenvalue weighted by molar-refractivity contribution is -0.104. The van der Waals surface area contributed by atoms with Gasteiger partial charge in [-0.3, -0.25) is 0 Å². The standard InChI is InChI=1S/C8H17N3O4/c1-10-8(15)11-4-2-3(9)5(12)7(14)6(4)13/h3-7,12-14H,2,9H2,1H3,(H2,10,11,15). The van der Waals surface area contributed by atoms with Crippen LogP contribution in [-0.4, -0.2) is 58.8 Å². The molecule has 7 heteroatoms. The van der Waals surface area contributed by atoms with Gasteiger partial charge >= 0.3 is 6.03 Å². The highest BCUT2D eigenvalue weighted by molar-refractivity contribution is 5.73. The van der Waals surface area contributed by atoms with Crippen LogP contribution in [0.1, 0.15) is 6.42 Å². The number of nitrogens with one attached hydrogen (secondary N) is 2. The quantitative estimate of drug-likeness (QED) is 0.282. The van der Waals surface area contributed by atoms with Crippen molar-refractivity contribution in [3.63, 3.8) is 0 Å². The maximum atomic E-state index is 11.0. The molecule has 1 rings (SSSR count). The van der Waals surface area contributed by atoms with Crippen molar-refractivity contribution in [2.24, 2.45) is 5.73 Å². The molecule has 0 radical (unpaired) electrons. The molecule has 1 fully saturated rings. The Morgan fingerprint density at radius 1 is 1.27 bits per heavy atom. The Labute approximate surface area is 87.3 Å². The minimum atomic E-state index is -1.34. The summed E-state index contributed by atoms with van der Waals surface area (Å²) in [5.74, 6) is 0. The molecule has 5 atom stereocenters. The van der Waals surface area contributed by atoms with Gasteiger partial charge in [-0.05, 0) is 6.42 Å². The summed E-state index contributed by atoms with van der Waals surface area (Å²) in [5.41, 5.74) is 5.55. The Morgan fingerprint density at radius 2 is 1.87 bits per heavy atom. The number of rotatable bonds is 1. The van der Waals surface area contributed by atoms with Crippen LogP contribution in [0.4, 0.5) is 4.79 Å². The van der Waals surface area contributed by atoms with E-state index in [1.54, 1.807) is 0 Å². The van der Waals surface area contributed by atoms with Crippen LogP contribution in [0.3, 0.4) is 0 Å². The molecule has 0 heterocycles. The maximum Gasteiger partial charge on any atom is 0.314 e. The minimum absolute atomic E-state index is 0.215. The average molecular weight is 219 g/mol. The summed E-state index contributed by atoms with van der Waals surface area (Å²) in [4.78, 5) is 11.0. The Morgan fingerprint density at radius 3 is 2.40 bits per heavy atom. The number of nitrogens with two attached hydrogens (primary N) is 1. The molecule has 7 N–H and O–H groups in total. The molecule has 0 aromatic rings. The van der Waals surface area contributed by atoms with Gasteiger partial charge in [-0.25, -0.2) is 4.79 Å². The van der Waals surface area contributed by atoms with E-state index in [9.17, 15) is 20.1 Å². The molecule has 0 saturated heterocycles. The SMILES string of the molecule is CNC(=O)NC1CC(N)C(O)C(O)C1O. The van der Waals surface area contributed by atoms with Gasteiger partial charge in [0.1, 0.15) is 12.2 Å². The summed E-state index contributed by atoms with van der Waals surface area (Å²) >= 11 is 0. The molecule has 1 aliphatic carbocycles. The molecule has 0 aliphatic heterocycles. The molecule has 15 heavy (non-hydrogen) atoms. The topological polar surface area (TPSA) is 128 Å². The Hall–Kier alpha value is -0.890. The Kier molecular flexibility index (Phi) is 3.86. The lowest BCUT2D eigenvalue weighted by Gasteiger charge is -2.39. The molecule has 0 bridgehead atoms. The number of carbonyl (C=O) groups is 1. The first-order chi connectivity index (χ1) is 6.97. The lowest BCUT2D eigenvalue weighted by Crippen LogP contribution is -2.63. The second-order valence-electron chi connectivity index (χ2n) is 3.70. The van der Waals surface area contributed by atoms with Gasteiger partial charge in [0.25, 0.3) is 0 Å². The van der Waals surface area contributed by atoms with Crippen LogP contribution < -0.4 is 16.4 Å². The van der Waals surface area contributed by atoms with Crippen molar-refractivity contribution in [3.05, 3.63) is 0 Å². The third-order valence-corrected chi connectivity index (χ3v) is 2.62. The highest BCUT2D eigenvalue weighted by Gasteiger charge is 2.41. The molecule has 88 valence electrons. The van der Waals surface area contributed by atoms with Crippen molar-refractivity contribution in [3.8, 4) is 0 Å². The van der Waals surface area contributed by atoms with Gasteiger partial charge in [0.05, 0.1) is 12.1 Å². The largest absolute Gasteiger partial charge is 0.389 e. The first kappa shape index (κ1) is 12.2. The van der Waals surface area contributed by atoms with E-state index in [4.69, 9.17) is 5.73 Å². The average Bonchev–Trinajstić information content (AvgIpc) is 2.22. The first-order valence-electron chi connectivity index (χ1n) is 4.75. The van der Waals surface area contributed by atoms with Crippen LogP contribution in [0.15, 0.2) is 0 Å². The second-order valence-corrected chi connectivity index (χ2v) is 3.70. The number of carbonyl (C=O) groups excluding carboxylic acids is 1. The molecule has 7 nitrogen and oxygen atoms in total. The number of hydrogen-bond acceptors (Lipinski definition) is 5. The molecule has 5 unspecified atom stereocenters. The highest BCUT2D eigenvalue weighted by atomic mass is 16.4. The molecule has 2 amide bonds. The van der Waals surface area contributed by atoms with E-state index < -0.39 is 36.4 Å². The molecule has 1 saturated carbocycles. The zero-order valence-electron chi connectivity index (χ0n) is 8.42. The molecule has 0 aromatic carbocycles. The summed E-state index contributed by atoms with van der Waals surface area (Å²) in [6, 6.07) is -1.78. The van der Waals surface area contributed by atoms with Crippen molar-refractivity contribution in [1.29, 1.82) is 0 Å². The van der Waals surface area contributed by atoms with Gasteiger partial charge in [0.2, 0.25) is 0 Å². The molecular weight excluding hydrogens is 202 g/mol. The van der Waals surface area contributed by atoms with E-state index in [1.165, 1.54) is 7.05 Å². The number of aliphatic hydroxyl groups is 3. The molecular formula is C8H17N3O4. The van der Waals surface area contributed by atoms with Crippen molar-refractivity contribution in [1.82, 2.24) is 10.6 Å². The van der Waals surface area contributed by atoms with E-state index in [1.807, 2.05) is 0 Å². The highest BCUT2D eigenvalue weighted by Crippen LogP contribution is 2.19. The second kappa shape index (κ2) is 4.75. The van der Waals surface area contributed by atoms with Gasteiger partial charge in [0, 0.05) is 13.1 Å². The van der Waals surface area contributed by atoms with Gasteiger partial charge in [0.15, 0.2) is 0 Å². The third kappa shape index (κ3) is 2.57. The summed E-state index contributed by atoms with van der Waals surface area (Å²) in [7, 11) is 1.44. The third-order valence-electron chi connectivity index (χ3n) is 2.62. The summed E-state index contributed by atoms with van der Waals surface area (Å²) in [6.45, 7) is 0. The molecule has 1 aliphatic rings. The number of urea groups is 1. The van der Waals surface area contributed by atoms with Crippen LogP contribution in [0.5, 0.6) is 0 Å². The van der Waals surface area contributed by atoms with E-state index in [0.717, 1.165) is 0 Å². The summed E-state index contributed by atoms with van der Waals surface area (Å²) in [6.07, 6.45) is -3.50. The van der Waals surface area contributed by atoms with Crippen LogP contribution in [0.25, 0.3) is 0 Å². The minimum Gasteiger partial charge on any atom is -0.389 e. The number of aliphatic hydroxyl groups excluding tert-OH is 3.